The molecule has 7 nitrogen and oxygen atoms in total. The zero-order chi connectivity index (χ0) is 14.6. The van der Waals surface area contributed by atoms with Gasteiger partial charge in [-0.2, -0.15) is 0 Å². The second-order valence-electron chi connectivity index (χ2n) is 4.53. The Bertz CT molecular complexity index is 468. The molecule has 1 unspecified atom stereocenters. The van der Waals surface area contributed by atoms with Crippen LogP contribution >= 0.6 is 0 Å². The second-order valence-corrected chi connectivity index (χ2v) is 4.53. The van der Waals surface area contributed by atoms with E-state index in [2.05, 4.69) is 15.6 Å². The summed E-state index contributed by atoms with van der Waals surface area (Å²) in [6, 6.07) is -0.485. The molecule has 1 aromatic rings. The SMILES string of the molecule is CCOC(=O)c1nnn(C(C)C(=O)NC(C)C)c1C. The van der Waals surface area contributed by atoms with Crippen molar-refractivity contribution in [2.75, 3.05) is 6.61 Å². The summed E-state index contributed by atoms with van der Waals surface area (Å²) in [7, 11) is 0. The van der Waals surface area contributed by atoms with E-state index in [0.717, 1.165) is 0 Å². The minimum absolute atomic E-state index is 0.0447. The molecule has 0 aliphatic heterocycles. The molecular formula is C12H20N4O3. The molecule has 1 atom stereocenters. The Balaban J connectivity index is 2.91. The zero-order valence-electron chi connectivity index (χ0n) is 11.9. The van der Waals surface area contributed by atoms with E-state index in [4.69, 9.17) is 4.74 Å². The van der Waals surface area contributed by atoms with Gasteiger partial charge in [-0.05, 0) is 34.6 Å². The van der Waals surface area contributed by atoms with Gasteiger partial charge in [-0.3, -0.25) is 4.79 Å². The summed E-state index contributed by atoms with van der Waals surface area (Å²) in [5.41, 5.74) is 0.663. The third kappa shape index (κ3) is 3.52. The van der Waals surface area contributed by atoms with Crippen LogP contribution in [0.5, 0.6) is 0 Å². The first-order valence-corrected chi connectivity index (χ1v) is 6.27. The van der Waals surface area contributed by atoms with Gasteiger partial charge in [0.25, 0.3) is 0 Å². The number of carbonyl (C=O) groups excluding carboxylic acids is 2. The van der Waals surface area contributed by atoms with Gasteiger partial charge in [-0.15, -0.1) is 5.10 Å². The van der Waals surface area contributed by atoms with Gasteiger partial charge < -0.3 is 10.1 Å². The summed E-state index contributed by atoms with van der Waals surface area (Å²) < 4.78 is 6.29. The molecule has 0 radical (unpaired) electrons. The predicted octanol–water partition coefficient (Wildman–Crippen LogP) is 0.849. The normalized spacial score (nSPS) is 12.3. The lowest BCUT2D eigenvalue weighted by Crippen LogP contribution is -2.36. The van der Waals surface area contributed by atoms with Crippen molar-refractivity contribution in [3.63, 3.8) is 0 Å². The van der Waals surface area contributed by atoms with Gasteiger partial charge in [0.1, 0.15) is 6.04 Å². The summed E-state index contributed by atoms with van der Waals surface area (Å²) in [6.07, 6.45) is 0. The van der Waals surface area contributed by atoms with Gasteiger partial charge in [-0.1, -0.05) is 5.21 Å². The fourth-order valence-corrected chi connectivity index (χ4v) is 1.61. The summed E-state index contributed by atoms with van der Waals surface area (Å²) in [4.78, 5) is 23.5. The van der Waals surface area contributed by atoms with Gasteiger partial charge in [0, 0.05) is 6.04 Å². The first-order chi connectivity index (χ1) is 8.88. The minimum atomic E-state index is -0.530. The molecule has 0 aliphatic rings. The molecule has 0 saturated heterocycles. The van der Waals surface area contributed by atoms with E-state index in [9.17, 15) is 9.59 Å². The maximum absolute atomic E-state index is 11.9. The molecule has 7 heteroatoms. The third-order valence-electron chi connectivity index (χ3n) is 2.57. The molecule has 1 aromatic heterocycles. The lowest BCUT2D eigenvalue weighted by atomic mass is 10.2. The van der Waals surface area contributed by atoms with Crippen molar-refractivity contribution < 1.29 is 14.3 Å². The summed E-state index contributed by atoms with van der Waals surface area (Å²) in [6.45, 7) is 9.14. The molecule has 1 amide bonds. The predicted molar refractivity (Wildman–Crippen MR) is 68.7 cm³/mol. The smallest absolute Gasteiger partial charge is 0.360 e. The molecule has 0 aromatic carbocycles. The molecule has 0 fully saturated rings. The maximum Gasteiger partial charge on any atom is 0.360 e. The molecule has 0 spiro atoms. The van der Waals surface area contributed by atoms with Crippen molar-refractivity contribution in [1.29, 1.82) is 0 Å². The van der Waals surface area contributed by atoms with Gasteiger partial charge in [0.05, 0.1) is 12.3 Å². The van der Waals surface area contributed by atoms with Crippen LogP contribution in [0.15, 0.2) is 0 Å². The number of nitrogens with zero attached hydrogens (tertiary/aromatic N) is 3. The van der Waals surface area contributed by atoms with Crippen molar-refractivity contribution in [1.82, 2.24) is 20.3 Å². The molecule has 1 rings (SSSR count). The Morgan fingerprint density at radius 1 is 1.37 bits per heavy atom. The summed E-state index contributed by atoms with van der Waals surface area (Å²) in [5, 5.41) is 10.4. The van der Waals surface area contributed by atoms with Gasteiger partial charge in [-0.25, -0.2) is 9.48 Å². The van der Waals surface area contributed by atoms with E-state index in [1.807, 2.05) is 13.8 Å². The van der Waals surface area contributed by atoms with Crippen molar-refractivity contribution in [3.05, 3.63) is 11.4 Å². The lowest BCUT2D eigenvalue weighted by molar-refractivity contribution is -0.124. The largest absolute Gasteiger partial charge is 0.461 e. The third-order valence-corrected chi connectivity index (χ3v) is 2.57. The van der Waals surface area contributed by atoms with Crippen molar-refractivity contribution in [2.45, 2.75) is 46.7 Å². The number of aromatic nitrogens is 3. The van der Waals surface area contributed by atoms with Crippen molar-refractivity contribution in [2.24, 2.45) is 0 Å². The van der Waals surface area contributed by atoms with E-state index in [0.29, 0.717) is 5.69 Å². The Labute approximate surface area is 112 Å². The molecule has 1 heterocycles. The van der Waals surface area contributed by atoms with Crippen LogP contribution in [0.1, 0.15) is 49.9 Å². The first kappa shape index (κ1) is 15.1. The monoisotopic (exact) mass is 268 g/mol. The number of nitrogens with one attached hydrogen (secondary N) is 1. The van der Waals surface area contributed by atoms with Crippen LogP contribution < -0.4 is 5.32 Å². The van der Waals surface area contributed by atoms with E-state index < -0.39 is 12.0 Å². The molecule has 0 saturated carbocycles. The first-order valence-electron chi connectivity index (χ1n) is 6.27. The van der Waals surface area contributed by atoms with Crippen LogP contribution in [0.3, 0.4) is 0 Å². The molecule has 1 N–H and O–H groups in total. The number of rotatable bonds is 5. The van der Waals surface area contributed by atoms with Gasteiger partial charge >= 0.3 is 5.97 Å². The van der Waals surface area contributed by atoms with Crippen molar-refractivity contribution in [3.8, 4) is 0 Å². The van der Waals surface area contributed by atoms with Crippen LogP contribution in [-0.2, 0) is 9.53 Å². The van der Waals surface area contributed by atoms with Crippen LogP contribution in [0.2, 0.25) is 0 Å². The average molecular weight is 268 g/mol. The van der Waals surface area contributed by atoms with Gasteiger partial charge in [0.15, 0.2) is 5.69 Å². The maximum atomic E-state index is 11.9. The number of hydrogen-bond donors (Lipinski definition) is 1. The molecule has 106 valence electrons. The Morgan fingerprint density at radius 3 is 2.53 bits per heavy atom. The van der Waals surface area contributed by atoms with Crippen LogP contribution in [0.25, 0.3) is 0 Å². The number of amides is 1. The van der Waals surface area contributed by atoms with Crippen LogP contribution in [0.4, 0.5) is 0 Å². The van der Waals surface area contributed by atoms with Crippen LogP contribution in [0, 0.1) is 6.92 Å². The van der Waals surface area contributed by atoms with E-state index in [-0.39, 0.29) is 24.2 Å². The standard InChI is InChI=1S/C12H20N4O3/c1-6-19-12(18)10-8(4)16(15-14-10)9(5)11(17)13-7(2)3/h7,9H,6H2,1-5H3,(H,13,17). The average Bonchev–Trinajstić information content (AvgIpc) is 2.69. The number of carbonyl (C=O) groups is 2. The number of esters is 1. The quantitative estimate of drug-likeness (QED) is 0.800. The lowest BCUT2D eigenvalue weighted by Gasteiger charge is -2.15. The molecular weight excluding hydrogens is 248 g/mol. The minimum Gasteiger partial charge on any atom is -0.461 e. The fourth-order valence-electron chi connectivity index (χ4n) is 1.61. The highest BCUT2D eigenvalue weighted by atomic mass is 16.5. The number of ether oxygens (including phenoxy) is 1. The van der Waals surface area contributed by atoms with Crippen LogP contribution in [-0.4, -0.2) is 39.5 Å². The van der Waals surface area contributed by atoms with Gasteiger partial charge in [0.2, 0.25) is 5.91 Å². The summed E-state index contributed by atoms with van der Waals surface area (Å²) >= 11 is 0. The van der Waals surface area contributed by atoms with E-state index in [1.165, 1.54) is 4.68 Å². The Hall–Kier alpha value is -1.92. The Kier molecular flexibility index (Phi) is 5.02. The topological polar surface area (TPSA) is 86.1 Å². The second kappa shape index (κ2) is 6.31. The molecule has 0 aliphatic carbocycles. The molecule has 0 bridgehead atoms. The van der Waals surface area contributed by atoms with Crippen molar-refractivity contribution >= 4 is 11.9 Å². The molecule has 19 heavy (non-hydrogen) atoms. The highest BCUT2D eigenvalue weighted by Crippen LogP contribution is 2.12. The highest BCUT2D eigenvalue weighted by molar-refractivity contribution is 5.88. The summed E-state index contributed by atoms with van der Waals surface area (Å²) in [5.74, 6) is -0.693. The fraction of sp³-hybridized carbons (Fsp3) is 0.667. The highest BCUT2D eigenvalue weighted by Gasteiger charge is 2.23. The Morgan fingerprint density at radius 2 is 2.00 bits per heavy atom. The van der Waals surface area contributed by atoms with E-state index >= 15 is 0 Å². The zero-order valence-corrected chi connectivity index (χ0v) is 11.9. The number of hydrogen-bond acceptors (Lipinski definition) is 5. The van der Waals surface area contributed by atoms with E-state index in [1.54, 1.807) is 20.8 Å².